The van der Waals surface area contributed by atoms with Crippen LogP contribution in [0, 0.1) is 0 Å². The highest BCUT2D eigenvalue weighted by Gasteiger charge is 1.99. The lowest BCUT2D eigenvalue weighted by atomic mass is 10.2. The fourth-order valence-electron chi connectivity index (χ4n) is 1.41. The van der Waals surface area contributed by atoms with Gasteiger partial charge < -0.3 is 4.57 Å². The molecule has 0 aliphatic heterocycles. The number of halogens is 1. The lowest BCUT2D eigenvalue weighted by molar-refractivity contribution is 0.755. The van der Waals surface area contributed by atoms with Gasteiger partial charge in [-0.1, -0.05) is 30.3 Å². The van der Waals surface area contributed by atoms with Crippen molar-refractivity contribution in [2.24, 2.45) is 0 Å². The normalized spacial score (nSPS) is 10.2. The number of hydrogen-bond donors (Lipinski definition) is 0. The predicted octanol–water partition coefficient (Wildman–Crippen LogP) is 2.66. The minimum absolute atomic E-state index is 0.00125. The molecule has 76 valence electrons. The quantitative estimate of drug-likeness (QED) is 0.817. The van der Waals surface area contributed by atoms with Crippen molar-refractivity contribution in [3.63, 3.8) is 0 Å². The van der Waals surface area contributed by atoms with Crippen LogP contribution in [0.3, 0.4) is 0 Å². The van der Waals surface area contributed by atoms with Gasteiger partial charge in [-0.2, -0.15) is 0 Å². The molecule has 2 rings (SSSR count). The number of benzene rings is 1. The third-order valence-corrected chi connectivity index (χ3v) is 2.77. The molecule has 0 unspecified atom stereocenters. The molecule has 0 radical (unpaired) electrons. The van der Waals surface area contributed by atoms with Gasteiger partial charge in [0.05, 0.1) is 11.0 Å². The van der Waals surface area contributed by atoms with Crippen LogP contribution in [-0.2, 0) is 6.54 Å². The average molecular weight is 264 g/mol. The lowest BCUT2D eigenvalue weighted by Crippen LogP contribution is -2.20. The van der Waals surface area contributed by atoms with Crippen molar-refractivity contribution in [3.05, 3.63) is 69.1 Å². The molecule has 1 aromatic carbocycles. The molecule has 2 aromatic rings. The van der Waals surface area contributed by atoms with Crippen LogP contribution in [0.5, 0.6) is 0 Å². The van der Waals surface area contributed by atoms with E-state index in [-0.39, 0.29) is 5.56 Å². The molecule has 1 aromatic heterocycles. The van der Waals surface area contributed by atoms with E-state index in [0.29, 0.717) is 11.0 Å². The summed E-state index contributed by atoms with van der Waals surface area (Å²) in [5, 5.41) is 0. The van der Waals surface area contributed by atoms with E-state index in [1.165, 1.54) is 0 Å². The minimum atomic E-state index is 0.00125. The van der Waals surface area contributed by atoms with E-state index in [9.17, 15) is 4.79 Å². The van der Waals surface area contributed by atoms with E-state index in [1.807, 2.05) is 36.4 Å². The van der Waals surface area contributed by atoms with E-state index in [2.05, 4.69) is 15.9 Å². The van der Waals surface area contributed by atoms with Crippen molar-refractivity contribution in [2.75, 3.05) is 0 Å². The Morgan fingerprint density at radius 3 is 2.53 bits per heavy atom. The Bertz CT molecular complexity index is 505. The van der Waals surface area contributed by atoms with Crippen molar-refractivity contribution in [3.8, 4) is 0 Å². The number of aromatic nitrogens is 1. The van der Waals surface area contributed by atoms with Gasteiger partial charge in [-0.15, -0.1) is 0 Å². The number of rotatable bonds is 2. The first-order valence-electron chi connectivity index (χ1n) is 4.66. The fraction of sp³-hybridized carbons (Fsp3) is 0.0833. The highest BCUT2D eigenvalue weighted by atomic mass is 79.9. The summed E-state index contributed by atoms with van der Waals surface area (Å²) < 4.78 is 2.28. The zero-order valence-corrected chi connectivity index (χ0v) is 9.65. The second kappa shape index (κ2) is 4.45. The molecule has 0 amide bonds. The standard InChI is InChI=1S/C12H10BrNO/c13-11-7-4-8-14(12(11)15)9-10-5-2-1-3-6-10/h1-8H,9H2. The second-order valence-corrected chi connectivity index (χ2v) is 4.13. The summed E-state index contributed by atoms with van der Waals surface area (Å²) in [5.41, 5.74) is 1.12. The van der Waals surface area contributed by atoms with Crippen molar-refractivity contribution >= 4 is 15.9 Å². The van der Waals surface area contributed by atoms with E-state index < -0.39 is 0 Å². The average Bonchev–Trinajstić information content (AvgIpc) is 2.26. The molecule has 2 nitrogen and oxygen atoms in total. The molecule has 15 heavy (non-hydrogen) atoms. The van der Waals surface area contributed by atoms with Gasteiger partial charge in [0.25, 0.3) is 5.56 Å². The van der Waals surface area contributed by atoms with Crippen LogP contribution in [0.25, 0.3) is 0 Å². The van der Waals surface area contributed by atoms with E-state index in [0.717, 1.165) is 5.56 Å². The van der Waals surface area contributed by atoms with Crippen molar-refractivity contribution in [2.45, 2.75) is 6.54 Å². The van der Waals surface area contributed by atoms with Gasteiger partial charge in [-0.05, 0) is 33.6 Å². The highest BCUT2D eigenvalue weighted by Crippen LogP contribution is 2.04. The maximum absolute atomic E-state index is 11.7. The summed E-state index contributed by atoms with van der Waals surface area (Å²) in [6, 6.07) is 13.5. The third kappa shape index (κ3) is 2.36. The number of nitrogens with zero attached hydrogens (tertiary/aromatic N) is 1. The van der Waals surface area contributed by atoms with Crippen LogP contribution in [0.15, 0.2) is 57.9 Å². The first-order chi connectivity index (χ1) is 7.27. The van der Waals surface area contributed by atoms with Crippen LogP contribution in [0.4, 0.5) is 0 Å². The molecule has 0 fully saturated rings. The minimum Gasteiger partial charge on any atom is -0.310 e. The van der Waals surface area contributed by atoms with Crippen LogP contribution in [0.2, 0.25) is 0 Å². The number of pyridine rings is 1. The van der Waals surface area contributed by atoms with Gasteiger partial charge in [-0.3, -0.25) is 4.79 Å². The molecule has 1 heterocycles. The first-order valence-corrected chi connectivity index (χ1v) is 5.45. The summed E-state index contributed by atoms with van der Waals surface area (Å²) in [6.07, 6.45) is 1.79. The third-order valence-electron chi connectivity index (χ3n) is 2.17. The molecule has 0 spiro atoms. The van der Waals surface area contributed by atoms with Gasteiger partial charge in [0.2, 0.25) is 0 Å². The Balaban J connectivity index is 2.33. The van der Waals surface area contributed by atoms with E-state index in [4.69, 9.17) is 0 Å². The van der Waals surface area contributed by atoms with Gasteiger partial charge >= 0.3 is 0 Å². The van der Waals surface area contributed by atoms with Crippen LogP contribution in [-0.4, -0.2) is 4.57 Å². The van der Waals surface area contributed by atoms with Gasteiger partial charge in [-0.25, -0.2) is 0 Å². The second-order valence-electron chi connectivity index (χ2n) is 3.27. The predicted molar refractivity (Wildman–Crippen MR) is 63.9 cm³/mol. The Kier molecular flexibility index (Phi) is 3.02. The Morgan fingerprint density at radius 1 is 1.07 bits per heavy atom. The fourth-order valence-corrected chi connectivity index (χ4v) is 1.79. The summed E-state index contributed by atoms with van der Waals surface area (Å²) in [5.74, 6) is 0. The summed E-state index contributed by atoms with van der Waals surface area (Å²) >= 11 is 3.23. The van der Waals surface area contributed by atoms with Crippen LogP contribution in [0.1, 0.15) is 5.56 Å². The maximum atomic E-state index is 11.7. The molecule has 0 N–H and O–H groups in total. The molecular formula is C12H10BrNO. The topological polar surface area (TPSA) is 22.0 Å². The molecule has 0 saturated carbocycles. The van der Waals surface area contributed by atoms with Crippen LogP contribution >= 0.6 is 15.9 Å². The zero-order valence-electron chi connectivity index (χ0n) is 8.06. The van der Waals surface area contributed by atoms with Crippen molar-refractivity contribution in [1.29, 1.82) is 0 Å². The number of hydrogen-bond acceptors (Lipinski definition) is 1. The Morgan fingerprint density at radius 2 is 1.80 bits per heavy atom. The molecular weight excluding hydrogens is 254 g/mol. The molecule has 3 heteroatoms. The first kappa shape index (κ1) is 10.2. The van der Waals surface area contributed by atoms with E-state index in [1.54, 1.807) is 16.8 Å². The van der Waals surface area contributed by atoms with Crippen molar-refractivity contribution in [1.82, 2.24) is 4.57 Å². The SMILES string of the molecule is O=c1c(Br)cccn1Cc1ccccc1. The molecule has 0 saturated heterocycles. The maximum Gasteiger partial charge on any atom is 0.265 e. The Hall–Kier alpha value is -1.35. The smallest absolute Gasteiger partial charge is 0.265 e. The monoisotopic (exact) mass is 263 g/mol. The van der Waals surface area contributed by atoms with Gasteiger partial charge in [0.15, 0.2) is 0 Å². The Labute approximate surface area is 96.3 Å². The van der Waals surface area contributed by atoms with Gasteiger partial charge in [0, 0.05) is 6.20 Å². The summed E-state index contributed by atoms with van der Waals surface area (Å²) in [4.78, 5) is 11.7. The highest BCUT2D eigenvalue weighted by molar-refractivity contribution is 9.10. The lowest BCUT2D eigenvalue weighted by Gasteiger charge is -2.05. The molecule has 0 aliphatic rings. The molecule has 0 bridgehead atoms. The molecule has 0 atom stereocenters. The van der Waals surface area contributed by atoms with E-state index >= 15 is 0 Å². The van der Waals surface area contributed by atoms with Crippen LogP contribution < -0.4 is 5.56 Å². The molecule has 0 aliphatic carbocycles. The van der Waals surface area contributed by atoms with Crippen molar-refractivity contribution < 1.29 is 0 Å². The largest absolute Gasteiger partial charge is 0.310 e. The summed E-state index contributed by atoms with van der Waals surface area (Å²) in [6.45, 7) is 0.610. The van der Waals surface area contributed by atoms with Gasteiger partial charge in [0.1, 0.15) is 0 Å². The summed E-state index contributed by atoms with van der Waals surface area (Å²) in [7, 11) is 0. The zero-order chi connectivity index (χ0) is 10.7.